The number of benzene rings is 1. The summed E-state index contributed by atoms with van der Waals surface area (Å²) in [5.74, 6) is 0.675. The minimum atomic E-state index is 0.358. The summed E-state index contributed by atoms with van der Waals surface area (Å²) in [5.41, 5.74) is 2.50. The highest BCUT2D eigenvalue weighted by Crippen LogP contribution is 2.24. The first-order valence-corrected chi connectivity index (χ1v) is 7.96. The largest absolute Gasteiger partial charge is 0.383 e. The molecule has 1 rings (SSSR count). The zero-order chi connectivity index (χ0) is 15.1. The van der Waals surface area contributed by atoms with Gasteiger partial charge in [0.25, 0.3) is 0 Å². The molecule has 1 aromatic rings. The summed E-state index contributed by atoms with van der Waals surface area (Å²) in [6.07, 6.45) is 0. The quantitative estimate of drug-likeness (QED) is 0.780. The first-order chi connectivity index (χ1) is 9.45. The van der Waals surface area contributed by atoms with Crippen molar-refractivity contribution in [2.75, 3.05) is 32.2 Å². The van der Waals surface area contributed by atoms with E-state index in [1.807, 2.05) is 0 Å². The number of nitrogens with one attached hydrogen (secondary N) is 1. The van der Waals surface area contributed by atoms with Gasteiger partial charge in [-0.3, -0.25) is 0 Å². The van der Waals surface area contributed by atoms with Crippen LogP contribution in [0, 0.1) is 5.92 Å². The molecule has 0 spiro atoms. The summed E-state index contributed by atoms with van der Waals surface area (Å²) >= 11 is 3.67. The van der Waals surface area contributed by atoms with Crippen molar-refractivity contribution < 1.29 is 4.74 Å². The maximum absolute atomic E-state index is 5.21. The van der Waals surface area contributed by atoms with Crippen molar-refractivity contribution in [2.24, 2.45) is 5.92 Å². The molecular formula is C16H27BrN2O. The Kier molecular flexibility index (Phi) is 7.56. The minimum Gasteiger partial charge on any atom is -0.383 e. The molecule has 20 heavy (non-hydrogen) atoms. The number of ether oxygens (including phenoxy) is 1. The Morgan fingerprint density at radius 3 is 2.55 bits per heavy atom. The number of rotatable bonds is 8. The molecule has 0 saturated carbocycles. The molecule has 0 aliphatic rings. The molecule has 0 heterocycles. The van der Waals surface area contributed by atoms with Crippen LogP contribution in [0.25, 0.3) is 0 Å². The highest BCUT2D eigenvalue weighted by atomic mass is 79.9. The van der Waals surface area contributed by atoms with Gasteiger partial charge >= 0.3 is 0 Å². The van der Waals surface area contributed by atoms with Crippen LogP contribution in [0.5, 0.6) is 0 Å². The number of anilines is 1. The summed E-state index contributed by atoms with van der Waals surface area (Å²) < 4.78 is 6.37. The summed E-state index contributed by atoms with van der Waals surface area (Å²) in [7, 11) is 3.84. The van der Waals surface area contributed by atoms with Crippen molar-refractivity contribution >= 4 is 21.6 Å². The monoisotopic (exact) mass is 342 g/mol. The van der Waals surface area contributed by atoms with E-state index in [4.69, 9.17) is 4.74 Å². The molecule has 1 atom stereocenters. The third-order valence-corrected chi connectivity index (χ3v) is 4.12. The molecule has 0 aliphatic heterocycles. The van der Waals surface area contributed by atoms with Gasteiger partial charge in [0.1, 0.15) is 0 Å². The van der Waals surface area contributed by atoms with Gasteiger partial charge in [0.15, 0.2) is 0 Å². The van der Waals surface area contributed by atoms with Crippen molar-refractivity contribution in [1.82, 2.24) is 5.32 Å². The van der Waals surface area contributed by atoms with E-state index < -0.39 is 0 Å². The van der Waals surface area contributed by atoms with Crippen LogP contribution in [0.3, 0.4) is 0 Å². The number of hydrogen-bond donors (Lipinski definition) is 1. The van der Waals surface area contributed by atoms with Crippen LogP contribution in [0.1, 0.15) is 26.3 Å². The lowest BCUT2D eigenvalue weighted by Crippen LogP contribution is -2.32. The van der Waals surface area contributed by atoms with Crippen LogP contribution in [-0.2, 0) is 11.3 Å². The topological polar surface area (TPSA) is 24.5 Å². The van der Waals surface area contributed by atoms with E-state index in [1.165, 1.54) is 11.3 Å². The van der Waals surface area contributed by atoms with Crippen LogP contribution < -0.4 is 10.2 Å². The van der Waals surface area contributed by atoms with Crippen molar-refractivity contribution in [1.29, 1.82) is 0 Å². The molecule has 0 fully saturated rings. The molecule has 114 valence electrons. The maximum Gasteiger partial charge on any atom is 0.0663 e. The van der Waals surface area contributed by atoms with E-state index in [2.05, 4.69) is 72.2 Å². The molecule has 0 bridgehead atoms. The fraction of sp³-hybridized carbons (Fsp3) is 0.625. The fourth-order valence-corrected chi connectivity index (χ4v) is 2.51. The number of likely N-dealkylation sites (N-methyl/N-ethyl adjacent to an activating group) is 1. The second-order valence-electron chi connectivity index (χ2n) is 5.72. The van der Waals surface area contributed by atoms with E-state index in [9.17, 15) is 0 Å². The SMILES string of the molecule is COCC(C)N(C)c1ccc(CNCC(C)C)c(Br)c1. The summed E-state index contributed by atoms with van der Waals surface area (Å²) in [5, 5.41) is 3.47. The molecule has 0 aliphatic carbocycles. The van der Waals surface area contributed by atoms with Gasteiger partial charge in [0.2, 0.25) is 0 Å². The summed E-state index contributed by atoms with van der Waals surface area (Å²) in [6, 6.07) is 6.89. The Balaban J connectivity index is 2.67. The van der Waals surface area contributed by atoms with Gasteiger partial charge in [0.05, 0.1) is 6.61 Å². The van der Waals surface area contributed by atoms with Crippen molar-refractivity contribution in [3.63, 3.8) is 0 Å². The van der Waals surface area contributed by atoms with E-state index in [0.29, 0.717) is 12.0 Å². The smallest absolute Gasteiger partial charge is 0.0663 e. The molecule has 0 radical (unpaired) electrons. The summed E-state index contributed by atoms with van der Waals surface area (Å²) in [4.78, 5) is 2.24. The van der Waals surface area contributed by atoms with E-state index in [-0.39, 0.29) is 0 Å². The molecule has 1 N–H and O–H groups in total. The van der Waals surface area contributed by atoms with Gasteiger partial charge in [-0.1, -0.05) is 35.8 Å². The van der Waals surface area contributed by atoms with Crippen LogP contribution in [0.2, 0.25) is 0 Å². The number of nitrogens with zero attached hydrogens (tertiary/aromatic N) is 1. The van der Waals surface area contributed by atoms with Crippen LogP contribution in [0.4, 0.5) is 5.69 Å². The van der Waals surface area contributed by atoms with Crippen LogP contribution in [0.15, 0.2) is 22.7 Å². The lowest BCUT2D eigenvalue weighted by atomic mass is 10.1. The maximum atomic E-state index is 5.21. The van der Waals surface area contributed by atoms with E-state index in [1.54, 1.807) is 7.11 Å². The Morgan fingerprint density at radius 1 is 1.30 bits per heavy atom. The molecule has 1 aromatic carbocycles. The fourth-order valence-electron chi connectivity index (χ4n) is 2.00. The Morgan fingerprint density at radius 2 is 2.00 bits per heavy atom. The molecule has 3 nitrogen and oxygen atoms in total. The predicted octanol–water partition coefficient (Wildman–Crippen LogP) is 3.67. The Hall–Kier alpha value is -0.580. The molecule has 0 amide bonds. The third-order valence-electron chi connectivity index (χ3n) is 3.38. The van der Waals surface area contributed by atoms with Crippen molar-refractivity contribution in [3.8, 4) is 0 Å². The second kappa shape index (κ2) is 8.65. The first-order valence-electron chi connectivity index (χ1n) is 7.16. The Bertz CT molecular complexity index is 409. The third kappa shape index (κ3) is 5.43. The molecule has 4 heteroatoms. The molecular weight excluding hydrogens is 316 g/mol. The van der Waals surface area contributed by atoms with Gasteiger partial charge in [0, 0.05) is 36.9 Å². The summed E-state index contributed by atoms with van der Waals surface area (Å²) in [6.45, 7) is 9.27. The Labute approximate surface area is 131 Å². The molecule has 0 aromatic heterocycles. The average Bonchev–Trinajstić information content (AvgIpc) is 2.39. The number of hydrogen-bond acceptors (Lipinski definition) is 3. The van der Waals surface area contributed by atoms with E-state index in [0.717, 1.165) is 24.2 Å². The first kappa shape index (κ1) is 17.5. The van der Waals surface area contributed by atoms with Crippen molar-refractivity contribution in [3.05, 3.63) is 28.2 Å². The van der Waals surface area contributed by atoms with Crippen molar-refractivity contribution in [2.45, 2.75) is 33.4 Å². The van der Waals surface area contributed by atoms with Gasteiger partial charge in [-0.05, 0) is 37.1 Å². The van der Waals surface area contributed by atoms with Gasteiger partial charge < -0.3 is 15.0 Å². The standard InChI is InChI=1S/C16H27BrN2O/c1-12(2)9-18-10-14-6-7-15(8-16(14)17)19(4)13(3)11-20-5/h6-8,12-13,18H,9-11H2,1-5H3. The zero-order valence-corrected chi connectivity index (χ0v) is 14.8. The van der Waals surface area contributed by atoms with Gasteiger partial charge in [-0.2, -0.15) is 0 Å². The predicted molar refractivity (Wildman–Crippen MR) is 90.4 cm³/mol. The lowest BCUT2D eigenvalue weighted by Gasteiger charge is -2.27. The number of methoxy groups -OCH3 is 1. The minimum absolute atomic E-state index is 0.358. The average molecular weight is 343 g/mol. The van der Waals surface area contributed by atoms with Crippen LogP contribution in [-0.4, -0.2) is 33.4 Å². The van der Waals surface area contributed by atoms with E-state index >= 15 is 0 Å². The zero-order valence-electron chi connectivity index (χ0n) is 13.2. The second-order valence-corrected chi connectivity index (χ2v) is 6.57. The van der Waals surface area contributed by atoms with Gasteiger partial charge in [-0.25, -0.2) is 0 Å². The highest BCUT2D eigenvalue weighted by molar-refractivity contribution is 9.10. The van der Waals surface area contributed by atoms with Gasteiger partial charge in [-0.15, -0.1) is 0 Å². The molecule has 1 unspecified atom stereocenters. The molecule has 0 saturated heterocycles. The highest BCUT2D eigenvalue weighted by Gasteiger charge is 2.11. The normalized spacial score (nSPS) is 12.8. The number of halogens is 1. The van der Waals surface area contributed by atoms with Crippen LogP contribution >= 0.6 is 15.9 Å². The lowest BCUT2D eigenvalue weighted by molar-refractivity contribution is 0.183.